The quantitative estimate of drug-likeness (QED) is 0.0496. The third-order valence-corrected chi connectivity index (χ3v) is 12.3. The van der Waals surface area contributed by atoms with Crippen LogP contribution in [0.15, 0.2) is 0 Å². The van der Waals surface area contributed by atoms with E-state index in [1.165, 1.54) is 122 Å². The van der Waals surface area contributed by atoms with E-state index in [1.807, 2.05) is 0 Å². The molecule has 4 unspecified atom stereocenters. The topological polar surface area (TPSA) is 76.1 Å². The van der Waals surface area contributed by atoms with Crippen molar-refractivity contribution in [2.24, 2.45) is 23.7 Å². The highest BCUT2D eigenvalue weighted by Crippen LogP contribution is 2.40. The van der Waals surface area contributed by atoms with Gasteiger partial charge in [0.25, 0.3) is 0 Å². The van der Waals surface area contributed by atoms with Gasteiger partial charge in [-0.15, -0.1) is 0 Å². The molecule has 0 heterocycles. The van der Waals surface area contributed by atoms with Gasteiger partial charge in [0.1, 0.15) is 0 Å². The Morgan fingerprint density at radius 1 is 0.537 bits per heavy atom. The molecule has 4 atom stereocenters. The minimum absolute atomic E-state index is 0.0552. The van der Waals surface area contributed by atoms with Crippen LogP contribution in [0.2, 0.25) is 0 Å². The highest BCUT2D eigenvalue weighted by molar-refractivity contribution is 5.72. The fourth-order valence-electron chi connectivity index (χ4n) is 8.71. The summed E-state index contributed by atoms with van der Waals surface area (Å²) < 4.78 is 11.7. The molecule has 0 bridgehead atoms. The molecular formula is C48H93NO5. The maximum Gasteiger partial charge on any atom is 0.308 e. The average Bonchev–Trinajstić information content (AvgIpc) is 3.18. The normalized spacial score (nSPS) is 17.9. The monoisotopic (exact) mass is 764 g/mol. The van der Waals surface area contributed by atoms with E-state index in [1.54, 1.807) is 0 Å². The Kier molecular flexibility index (Phi) is 35.3. The number of nitrogens with zero attached hydrogens (tertiary/aromatic N) is 1. The van der Waals surface area contributed by atoms with Gasteiger partial charge in [-0.2, -0.15) is 0 Å². The zero-order valence-electron chi connectivity index (χ0n) is 36.7. The van der Waals surface area contributed by atoms with Crippen molar-refractivity contribution in [1.29, 1.82) is 0 Å². The number of aliphatic hydroxyl groups excluding tert-OH is 1. The molecule has 0 amide bonds. The molecule has 6 nitrogen and oxygen atoms in total. The number of unbranched alkanes of at least 4 members (excludes halogenated alkanes) is 18. The third-order valence-electron chi connectivity index (χ3n) is 12.3. The first kappa shape index (κ1) is 50.9. The summed E-state index contributed by atoms with van der Waals surface area (Å²) >= 11 is 0. The first-order chi connectivity index (χ1) is 26.5. The molecule has 1 saturated carbocycles. The van der Waals surface area contributed by atoms with Gasteiger partial charge in [0, 0.05) is 6.61 Å². The van der Waals surface area contributed by atoms with Gasteiger partial charge in [-0.1, -0.05) is 163 Å². The Bertz CT molecular complexity index is 806. The first-order valence-corrected chi connectivity index (χ1v) is 24.2. The van der Waals surface area contributed by atoms with E-state index in [0.717, 1.165) is 109 Å². The molecule has 0 aromatic rings. The molecule has 0 saturated heterocycles. The highest BCUT2D eigenvalue weighted by Gasteiger charge is 2.34. The molecule has 0 aromatic heterocycles. The Morgan fingerprint density at radius 2 is 1.02 bits per heavy atom. The lowest BCUT2D eigenvalue weighted by atomic mass is 9.70. The zero-order chi connectivity index (χ0) is 39.3. The zero-order valence-corrected chi connectivity index (χ0v) is 36.7. The van der Waals surface area contributed by atoms with Crippen LogP contribution in [0.25, 0.3) is 0 Å². The van der Waals surface area contributed by atoms with Crippen LogP contribution in [0, 0.1) is 23.7 Å². The van der Waals surface area contributed by atoms with Gasteiger partial charge >= 0.3 is 11.9 Å². The van der Waals surface area contributed by atoms with E-state index >= 15 is 0 Å². The molecule has 0 radical (unpaired) electrons. The summed E-state index contributed by atoms with van der Waals surface area (Å²) in [7, 11) is 0. The molecule has 6 heteroatoms. The number of aliphatic hydroxyl groups is 1. The van der Waals surface area contributed by atoms with Crippen LogP contribution < -0.4 is 0 Å². The highest BCUT2D eigenvalue weighted by atomic mass is 16.5. The van der Waals surface area contributed by atoms with Crippen LogP contribution >= 0.6 is 0 Å². The van der Waals surface area contributed by atoms with Crippen LogP contribution in [0.3, 0.4) is 0 Å². The van der Waals surface area contributed by atoms with Gasteiger partial charge in [-0.25, -0.2) is 0 Å². The molecule has 1 fully saturated rings. The number of esters is 2. The number of carbonyl (C=O) groups is 2. The van der Waals surface area contributed by atoms with Gasteiger partial charge in [0.15, 0.2) is 0 Å². The lowest BCUT2D eigenvalue weighted by Gasteiger charge is -2.35. The standard InChI is InChI=1S/C48H93NO5/c1-5-9-13-15-16-23-33-44(32-22-14-10-6-2)47(51)53-40-28-19-17-24-36-49(38-26-27-39-50)37-25-18-20-29-41-54-48(52)46-35-34-43(31-21-11-7-3)45(42-46)30-12-8-4/h43-46,50H,5-42H2,1-4H3. The van der Waals surface area contributed by atoms with E-state index in [-0.39, 0.29) is 30.4 Å². The molecule has 1 rings (SSSR count). The number of ether oxygens (including phenoxy) is 2. The second-order valence-electron chi connectivity index (χ2n) is 17.2. The van der Waals surface area contributed by atoms with Gasteiger partial charge < -0.3 is 19.5 Å². The maximum atomic E-state index is 13.0. The molecule has 1 aliphatic rings. The number of hydrogen-bond donors (Lipinski definition) is 1. The molecule has 0 aromatic carbocycles. The predicted molar refractivity (Wildman–Crippen MR) is 230 cm³/mol. The molecule has 1 aliphatic carbocycles. The summed E-state index contributed by atoms with van der Waals surface area (Å²) in [5, 5.41) is 9.32. The summed E-state index contributed by atoms with van der Waals surface area (Å²) in [6.45, 7) is 13.7. The van der Waals surface area contributed by atoms with E-state index in [0.29, 0.717) is 19.1 Å². The van der Waals surface area contributed by atoms with Crippen molar-refractivity contribution in [1.82, 2.24) is 4.90 Å². The van der Waals surface area contributed by atoms with Crippen molar-refractivity contribution in [2.45, 2.75) is 233 Å². The number of rotatable bonds is 39. The largest absolute Gasteiger partial charge is 0.465 e. The number of hydrogen-bond acceptors (Lipinski definition) is 6. The smallest absolute Gasteiger partial charge is 0.308 e. The first-order valence-electron chi connectivity index (χ1n) is 24.2. The Labute approximate surface area is 336 Å². The summed E-state index contributed by atoms with van der Waals surface area (Å²) in [4.78, 5) is 28.5. The van der Waals surface area contributed by atoms with E-state index in [2.05, 4.69) is 32.6 Å². The minimum atomic E-state index is 0.0552. The average molecular weight is 764 g/mol. The Hall–Kier alpha value is -1.14. The van der Waals surface area contributed by atoms with Crippen LogP contribution in [0.5, 0.6) is 0 Å². The summed E-state index contributed by atoms with van der Waals surface area (Å²) in [5.74, 6) is 1.86. The molecule has 0 aliphatic heterocycles. The molecule has 54 heavy (non-hydrogen) atoms. The van der Waals surface area contributed by atoms with Gasteiger partial charge in [-0.3, -0.25) is 9.59 Å². The van der Waals surface area contributed by atoms with Crippen molar-refractivity contribution in [3.05, 3.63) is 0 Å². The molecular weight excluding hydrogens is 671 g/mol. The van der Waals surface area contributed by atoms with Gasteiger partial charge in [-0.05, 0) is 102 Å². The molecule has 320 valence electrons. The van der Waals surface area contributed by atoms with Gasteiger partial charge in [0.05, 0.1) is 25.0 Å². The molecule has 0 spiro atoms. The second-order valence-corrected chi connectivity index (χ2v) is 17.2. The maximum absolute atomic E-state index is 13.0. The van der Waals surface area contributed by atoms with E-state index < -0.39 is 0 Å². The second kappa shape index (κ2) is 37.4. The van der Waals surface area contributed by atoms with Crippen molar-refractivity contribution in [2.75, 3.05) is 39.5 Å². The fraction of sp³-hybridized carbons (Fsp3) is 0.958. The summed E-state index contributed by atoms with van der Waals surface area (Å²) in [6, 6.07) is 0. The van der Waals surface area contributed by atoms with Crippen molar-refractivity contribution < 1.29 is 24.2 Å². The lowest BCUT2D eigenvalue weighted by Crippen LogP contribution is -2.30. The SMILES string of the molecule is CCCCCCCCC(CCCCCC)C(=O)OCCCCCCN(CCCCO)CCCCCCOC(=O)C1CCC(CCCCC)C(CCCC)C1. The van der Waals surface area contributed by atoms with Crippen molar-refractivity contribution >= 4 is 11.9 Å². The van der Waals surface area contributed by atoms with Crippen LogP contribution in [-0.4, -0.2) is 61.4 Å². The van der Waals surface area contributed by atoms with Crippen LogP contribution in [-0.2, 0) is 19.1 Å². The van der Waals surface area contributed by atoms with Gasteiger partial charge in [0.2, 0.25) is 0 Å². The van der Waals surface area contributed by atoms with E-state index in [4.69, 9.17) is 9.47 Å². The summed E-state index contributed by atoms with van der Waals surface area (Å²) in [5.41, 5.74) is 0. The Morgan fingerprint density at radius 3 is 1.63 bits per heavy atom. The third kappa shape index (κ3) is 27.5. The fourth-order valence-corrected chi connectivity index (χ4v) is 8.71. The lowest BCUT2D eigenvalue weighted by molar-refractivity contribution is -0.151. The number of carbonyl (C=O) groups excluding carboxylic acids is 2. The molecule has 1 N–H and O–H groups in total. The van der Waals surface area contributed by atoms with Crippen LogP contribution in [0.1, 0.15) is 233 Å². The van der Waals surface area contributed by atoms with Crippen molar-refractivity contribution in [3.8, 4) is 0 Å². The Balaban J connectivity index is 2.27. The predicted octanol–water partition coefficient (Wildman–Crippen LogP) is 13.4. The minimum Gasteiger partial charge on any atom is -0.465 e. The summed E-state index contributed by atoms with van der Waals surface area (Å²) in [6.07, 6.45) is 37.6. The van der Waals surface area contributed by atoms with E-state index in [9.17, 15) is 14.7 Å². The van der Waals surface area contributed by atoms with Crippen LogP contribution in [0.4, 0.5) is 0 Å². The van der Waals surface area contributed by atoms with Crippen molar-refractivity contribution in [3.63, 3.8) is 0 Å².